The van der Waals surface area contributed by atoms with Crippen molar-refractivity contribution in [3.8, 4) is 0 Å². The Kier molecular flexibility index (Phi) is 4.22. The van der Waals surface area contributed by atoms with Crippen molar-refractivity contribution in [3.05, 3.63) is 58.4 Å². The van der Waals surface area contributed by atoms with Gasteiger partial charge in [0.2, 0.25) is 5.91 Å². The largest absolute Gasteiger partial charge is 0.376 e. The zero-order valence-electron chi connectivity index (χ0n) is 11.1. The fourth-order valence-electron chi connectivity index (χ4n) is 2.00. The highest BCUT2D eigenvalue weighted by atomic mass is 79.9. The van der Waals surface area contributed by atoms with Gasteiger partial charge in [0.1, 0.15) is 0 Å². The molecule has 0 aliphatic rings. The van der Waals surface area contributed by atoms with E-state index in [-0.39, 0.29) is 12.5 Å². The van der Waals surface area contributed by atoms with E-state index in [0.717, 1.165) is 15.8 Å². The van der Waals surface area contributed by atoms with Crippen LogP contribution in [0.3, 0.4) is 0 Å². The van der Waals surface area contributed by atoms with Crippen LogP contribution in [0.1, 0.15) is 0 Å². The van der Waals surface area contributed by atoms with Gasteiger partial charge in [0, 0.05) is 20.5 Å². The lowest BCUT2D eigenvalue weighted by Crippen LogP contribution is -2.21. The van der Waals surface area contributed by atoms with Gasteiger partial charge in [0.05, 0.1) is 6.54 Å². The summed E-state index contributed by atoms with van der Waals surface area (Å²) in [5.41, 5.74) is 1.74. The van der Waals surface area contributed by atoms with Crippen molar-refractivity contribution in [2.45, 2.75) is 0 Å². The Balaban J connectivity index is 1.58. The van der Waals surface area contributed by atoms with Crippen molar-refractivity contribution >= 4 is 54.6 Å². The van der Waals surface area contributed by atoms with Gasteiger partial charge in [-0.15, -0.1) is 11.3 Å². The van der Waals surface area contributed by atoms with Crippen molar-refractivity contribution in [1.29, 1.82) is 0 Å². The van der Waals surface area contributed by atoms with Crippen molar-refractivity contribution in [2.75, 3.05) is 17.2 Å². The first-order chi connectivity index (χ1) is 10.2. The van der Waals surface area contributed by atoms with Gasteiger partial charge in [0.15, 0.2) is 0 Å². The summed E-state index contributed by atoms with van der Waals surface area (Å²) in [4.78, 5) is 11.9. The maximum atomic E-state index is 11.9. The van der Waals surface area contributed by atoms with E-state index in [9.17, 15) is 4.79 Å². The van der Waals surface area contributed by atoms with Crippen molar-refractivity contribution < 1.29 is 4.79 Å². The third-order valence-corrected chi connectivity index (χ3v) is 4.46. The van der Waals surface area contributed by atoms with E-state index in [1.165, 1.54) is 10.1 Å². The molecule has 0 spiro atoms. The van der Waals surface area contributed by atoms with Gasteiger partial charge < -0.3 is 10.6 Å². The predicted octanol–water partition coefficient (Wildman–Crippen LogP) is 4.71. The molecule has 0 aliphatic carbocycles. The molecule has 3 rings (SSSR count). The second-order valence-electron chi connectivity index (χ2n) is 4.58. The maximum Gasteiger partial charge on any atom is 0.243 e. The Labute approximate surface area is 135 Å². The third-order valence-electron chi connectivity index (χ3n) is 3.03. The minimum atomic E-state index is -0.0669. The van der Waals surface area contributed by atoms with Crippen LogP contribution in [0.5, 0.6) is 0 Å². The number of fused-ring (bicyclic) bond motifs is 1. The molecule has 0 saturated heterocycles. The summed E-state index contributed by atoms with van der Waals surface area (Å²) >= 11 is 5.08. The number of nitrogens with one attached hydrogen (secondary N) is 2. The number of carbonyl (C=O) groups is 1. The Morgan fingerprint density at radius 2 is 1.81 bits per heavy atom. The molecule has 1 amide bonds. The average molecular weight is 361 g/mol. The normalized spacial score (nSPS) is 10.5. The topological polar surface area (TPSA) is 41.1 Å². The molecule has 0 fully saturated rings. The van der Waals surface area contributed by atoms with Gasteiger partial charge in [0.25, 0.3) is 0 Å². The van der Waals surface area contributed by atoms with Crippen molar-refractivity contribution in [3.63, 3.8) is 0 Å². The first-order valence-electron chi connectivity index (χ1n) is 6.47. The van der Waals surface area contributed by atoms with Gasteiger partial charge in [-0.2, -0.15) is 0 Å². The predicted molar refractivity (Wildman–Crippen MR) is 93.1 cm³/mol. The maximum absolute atomic E-state index is 11.9. The summed E-state index contributed by atoms with van der Waals surface area (Å²) in [5.74, 6) is -0.0669. The lowest BCUT2D eigenvalue weighted by molar-refractivity contribution is -0.114. The minimum Gasteiger partial charge on any atom is -0.376 e. The molecular weight excluding hydrogens is 348 g/mol. The van der Waals surface area contributed by atoms with E-state index in [1.54, 1.807) is 11.3 Å². The van der Waals surface area contributed by atoms with Crippen molar-refractivity contribution in [2.24, 2.45) is 0 Å². The molecule has 3 nitrogen and oxygen atoms in total. The van der Waals surface area contributed by atoms with Gasteiger partial charge in [-0.1, -0.05) is 15.9 Å². The molecule has 1 aromatic heterocycles. The number of hydrogen-bond acceptors (Lipinski definition) is 3. The second-order valence-corrected chi connectivity index (χ2v) is 6.45. The fraction of sp³-hybridized carbons (Fsp3) is 0.0625. The van der Waals surface area contributed by atoms with Gasteiger partial charge in [-0.25, -0.2) is 0 Å². The molecule has 106 valence electrons. The molecule has 0 atom stereocenters. The number of thiophene rings is 1. The van der Waals surface area contributed by atoms with E-state index in [0.29, 0.717) is 0 Å². The summed E-state index contributed by atoms with van der Waals surface area (Å²) in [7, 11) is 0. The molecule has 0 aliphatic heterocycles. The molecule has 5 heteroatoms. The SMILES string of the molecule is O=C(CNc1ccc2sccc2c1)Nc1ccc(Br)cc1. The molecule has 1 heterocycles. The molecule has 21 heavy (non-hydrogen) atoms. The van der Waals surface area contributed by atoms with Crippen LogP contribution in [0.15, 0.2) is 58.4 Å². The van der Waals surface area contributed by atoms with Crippen LogP contribution in [0.2, 0.25) is 0 Å². The Hall–Kier alpha value is -1.85. The van der Waals surface area contributed by atoms with Crippen LogP contribution < -0.4 is 10.6 Å². The van der Waals surface area contributed by atoms with E-state index in [4.69, 9.17) is 0 Å². The standard InChI is InChI=1S/C16H13BrN2OS/c17-12-1-3-13(4-2-12)19-16(20)10-18-14-5-6-15-11(9-14)7-8-21-15/h1-9,18H,10H2,(H,19,20). The van der Waals surface area contributed by atoms with Gasteiger partial charge in [-0.05, 0) is 59.3 Å². The number of hydrogen-bond donors (Lipinski definition) is 2. The summed E-state index contributed by atoms with van der Waals surface area (Å²) < 4.78 is 2.24. The highest BCUT2D eigenvalue weighted by molar-refractivity contribution is 9.10. The van der Waals surface area contributed by atoms with Crippen LogP contribution in [0, 0.1) is 0 Å². The smallest absolute Gasteiger partial charge is 0.243 e. The Morgan fingerprint density at radius 3 is 2.62 bits per heavy atom. The monoisotopic (exact) mass is 360 g/mol. The first-order valence-corrected chi connectivity index (χ1v) is 8.14. The average Bonchev–Trinajstić information content (AvgIpc) is 2.95. The highest BCUT2D eigenvalue weighted by Crippen LogP contribution is 2.23. The number of anilines is 2. The van der Waals surface area contributed by atoms with Crippen molar-refractivity contribution in [1.82, 2.24) is 0 Å². The molecule has 0 radical (unpaired) electrons. The molecular formula is C16H13BrN2OS. The van der Waals surface area contributed by atoms with E-state index in [1.807, 2.05) is 30.3 Å². The highest BCUT2D eigenvalue weighted by Gasteiger charge is 2.03. The molecule has 0 saturated carbocycles. The van der Waals surface area contributed by atoms with E-state index >= 15 is 0 Å². The lowest BCUT2D eigenvalue weighted by Gasteiger charge is -2.08. The second kappa shape index (κ2) is 6.28. The number of rotatable bonds is 4. The zero-order valence-corrected chi connectivity index (χ0v) is 13.5. The molecule has 0 bridgehead atoms. The Bertz CT molecular complexity index is 767. The van der Waals surface area contributed by atoms with E-state index < -0.39 is 0 Å². The number of halogens is 1. The van der Waals surface area contributed by atoms with Crippen LogP contribution in [0.4, 0.5) is 11.4 Å². The number of amides is 1. The molecule has 2 aromatic carbocycles. The fourth-order valence-corrected chi connectivity index (χ4v) is 3.03. The quantitative estimate of drug-likeness (QED) is 0.706. The van der Waals surface area contributed by atoms with Gasteiger partial charge in [-0.3, -0.25) is 4.79 Å². The van der Waals surface area contributed by atoms with Crippen LogP contribution in [-0.2, 0) is 4.79 Å². The van der Waals surface area contributed by atoms with Crippen LogP contribution in [0.25, 0.3) is 10.1 Å². The summed E-state index contributed by atoms with van der Waals surface area (Å²) in [6.07, 6.45) is 0. The Morgan fingerprint density at radius 1 is 1.05 bits per heavy atom. The molecule has 0 unspecified atom stereocenters. The first kappa shape index (κ1) is 14.1. The number of carbonyl (C=O) groups excluding carboxylic acids is 1. The van der Waals surface area contributed by atoms with Crippen LogP contribution in [-0.4, -0.2) is 12.5 Å². The summed E-state index contributed by atoms with van der Waals surface area (Å²) in [6, 6.07) is 15.7. The zero-order chi connectivity index (χ0) is 14.7. The summed E-state index contributed by atoms with van der Waals surface area (Å²) in [6.45, 7) is 0.242. The number of benzene rings is 2. The molecule has 3 aromatic rings. The van der Waals surface area contributed by atoms with Gasteiger partial charge >= 0.3 is 0 Å². The minimum absolute atomic E-state index is 0.0669. The van der Waals surface area contributed by atoms with Crippen LogP contribution >= 0.6 is 27.3 Å². The third kappa shape index (κ3) is 3.62. The summed E-state index contributed by atoms with van der Waals surface area (Å²) in [5, 5.41) is 9.25. The lowest BCUT2D eigenvalue weighted by atomic mass is 10.2. The van der Waals surface area contributed by atoms with E-state index in [2.05, 4.69) is 50.1 Å². The molecule has 2 N–H and O–H groups in total.